The van der Waals surface area contributed by atoms with Gasteiger partial charge in [-0.15, -0.1) is 0 Å². The van der Waals surface area contributed by atoms with E-state index in [-0.39, 0.29) is 17.6 Å². The number of carbonyl (C=O) groups is 1. The fraction of sp³-hybridized carbons (Fsp3) is 0.167. The molecular formula is C24H22N4O4. The summed E-state index contributed by atoms with van der Waals surface area (Å²) in [4.78, 5) is 23.6. The second-order valence-corrected chi connectivity index (χ2v) is 7.48. The van der Waals surface area contributed by atoms with Crippen molar-refractivity contribution in [2.24, 2.45) is 0 Å². The highest BCUT2D eigenvalue weighted by molar-refractivity contribution is 5.94. The molecule has 2 aromatic heterocycles. The molecule has 4 rings (SSSR count). The van der Waals surface area contributed by atoms with Crippen molar-refractivity contribution in [1.29, 1.82) is 0 Å². The molecule has 8 heteroatoms. The number of rotatable bonds is 8. The van der Waals surface area contributed by atoms with Crippen molar-refractivity contribution in [1.82, 2.24) is 15.1 Å². The van der Waals surface area contributed by atoms with Gasteiger partial charge in [0.25, 0.3) is 11.6 Å². The van der Waals surface area contributed by atoms with E-state index in [4.69, 9.17) is 4.42 Å². The predicted molar refractivity (Wildman–Crippen MR) is 120 cm³/mol. The number of benzene rings is 2. The van der Waals surface area contributed by atoms with Gasteiger partial charge in [-0.3, -0.25) is 14.9 Å². The van der Waals surface area contributed by atoms with Crippen molar-refractivity contribution in [2.75, 3.05) is 0 Å². The summed E-state index contributed by atoms with van der Waals surface area (Å²) >= 11 is 0. The molecule has 4 aromatic rings. The van der Waals surface area contributed by atoms with E-state index in [1.807, 2.05) is 25.1 Å². The van der Waals surface area contributed by atoms with E-state index in [1.165, 1.54) is 28.6 Å². The van der Waals surface area contributed by atoms with Gasteiger partial charge < -0.3 is 9.73 Å². The van der Waals surface area contributed by atoms with Crippen molar-refractivity contribution in [2.45, 2.75) is 25.8 Å². The molecule has 0 radical (unpaired) electrons. The van der Waals surface area contributed by atoms with Gasteiger partial charge in [0.15, 0.2) is 5.76 Å². The Kier molecular flexibility index (Phi) is 6.12. The Labute approximate surface area is 184 Å². The van der Waals surface area contributed by atoms with Gasteiger partial charge in [0.05, 0.1) is 16.9 Å². The van der Waals surface area contributed by atoms with Crippen LogP contribution in [0.4, 0.5) is 5.69 Å². The maximum Gasteiger partial charge on any atom is 0.270 e. The third-order valence-corrected chi connectivity index (χ3v) is 5.11. The number of nitrogens with one attached hydrogen (secondary N) is 1. The van der Waals surface area contributed by atoms with Crippen LogP contribution < -0.4 is 5.32 Å². The minimum absolute atomic E-state index is 0.0345. The number of carbonyl (C=O) groups excluding carboxylic acids is 1. The SMILES string of the molecule is CC(CCc1ccccc1)NC(=O)c1cc(-c2ccco2)nn1-c1ccc([N+](=O)[O-])cc1. The second-order valence-electron chi connectivity index (χ2n) is 7.48. The quantitative estimate of drug-likeness (QED) is 0.320. The smallest absolute Gasteiger partial charge is 0.270 e. The van der Waals surface area contributed by atoms with E-state index in [1.54, 1.807) is 30.3 Å². The minimum atomic E-state index is -0.469. The van der Waals surface area contributed by atoms with Crippen molar-refractivity contribution in [3.8, 4) is 17.1 Å². The zero-order valence-corrected chi connectivity index (χ0v) is 17.5. The highest BCUT2D eigenvalue weighted by atomic mass is 16.6. The Balaban J connectivity index is 1.57. The zero-order valence-electron chi connectivity index (χ0n) is 17.5. The van der Waals surface area contributed by atoms with Gasteiger partial charge in [0, 0.05) is 24.2 Å². The van der Waals surface area contributed by atoms with Gasteiger partial charge in [-0.1, -0.05) is 30.3 Å². The van der Waals surface area contributed by atoms with Crippen LogP contribution in [0.5, 0.6) is 0 Å². The summed E-state index contributed by atoms with van der Waals surface area (Å²) in [6.45, 7) is 1.96. The topological polar surface area (TPSA) is 103 Å². The summed E-state index contributed by atoms with van der Waals surface area (Å²) in [6, 6.07) is 21.1. The molecule has 1 amide bonds. The molecule has 1 unspecified atom stereocenters. The number of hydrogen-bond donors (Lipinski definition) is 1. The van der Waals surface area contributed by atoms with E-state index >= 15 is 0 Å². The molecule has 0 aliphatic carbocycles. The van der Waals surface area contributed by atoms with Crippen LogP contribution in [0.2, 0.25) is 0 Å². The fourth-order valence-corrected chi connectivity index (χ4v) is 3.40. The third kappa shape index (κ3) is 4.75. The average Bonchev–Trinajstić information content (AvgIpc) is 3.48. The van der Waals surface area contributed by atoms with E-state index in [0.29, 0.717) is 22.8 Å². The normalized spacial score (nSPS) is 11.8. The van der Waals surface area contributed by atoms with E-state index in [9.17, 15) is 14.9 Å². The van der Waals surface area contributed by atoms with Crippen LogP contribution in [0.3, 0.4) is 0 Å². The van der Waals surface area contributed by atoms with Crippen molar-refractivity contribution >= 4 is 11.6 Å². The lowest BCUT2D eigenvalue weighted by atomic mass is 10.1. The van der Waals surface area contributed by atoms with E-state index < -0.39 is 4.92 Å². The Bertz CT molecular complexity index is 1200. The molecule has 8 nitrogen and oxygen atoms in total. The molecule has 0 saturated carbocycles. The zero-order chi connectivity index (χ0) is 22.5. The van der Waals surface area contributed by atoms with Gasteiger partial charge in [0.2, 0.25) is 0 Å². The molecule has 1 N–H and O–H groups in total. The molecule has 0 spiro atoms. The lowest BCUT2D eigenvalue weighted by Gasteiger charge is -2.14. The van der Waals surface area contributed by atoms with Crippen molar-refractivity contribution in [3.63, 3.8) is 0 Å². The molecular weight excluding hydrogens is 408 g/mol. The Morgan fingerprint density at radius 2 is 1.88 bits per heavy atom. The standard InChI is InChI=1S/C24H22N4O4/c1-17(9-10-18-6-3-2-4-7-18)25-24(29)22-16-21(23-8-5-15-32-23)26-27(22)19-11-13-20(14-12-19)28(30)31/h2-8,11-17H,9-10H2,1H3,(H,25,29). The second kappa shape index (κ2) is 9.30. The monoisotopic (exact) mass is 430 g/mol. The molecule has 1 atom stereocenters. The molecule has 2 aromatic carbocycles. The first-order valence-corrected chi connectivity index (χ1v) is 10.2. The summed E-state index contributed by atoms with van der Waals surface area (Å²) in [5.41, 5.74) is 2.53. The van der Waals surface area contributed by atoms with Gasteiger partial charge in [-0.25, -0.2) is 4.68 Å². The summed E-state index contributed by atoms with van der Waals surface area (Å²) in [7, 11) is 0. The average molecular weight is 430 g/mol. The number of furan rings is 1. The van der Waals surface area contributed by atoms with Crippen LogP contribution in [-0.2, 0) is 6.42 Å². The minimum Gasteiger partial charge on any atom is -0.463 e. The Hall–Kier alpha value is -4.20. The van der Waals surface area contributed by atoms with Gasteiger partial charge >= 0.3 is 0 Å². The maximum atomic E-state index is 13.1. The Morgan fingerprint density at radius 1 is 1.12 bits per heavy atom. The lowest BCUT2D eigenvalue weighted by molar-refractivity contribution is -0.384. The number of amides is 1. The first kappa shape index (κ1) is 21.0. The molecule has 2 heterocycles. The van der Waals surface area contributed by atoms with Gasteiger partial charge in [-0.05, 0) is 49.6 Å². The third-order valence-electron chi connectivity index (χ3n) is 5.11. The van der Waals surface area contributed by atoms with E-state index in [0.717, 1.165) is 12.8 Å². The van der Waals surface area contributed by atoms with Crippen LogP contribution in [0.15, 0.2) is 83.5 Å². The maximum absolute atomic E-state index is 13.1. The molecule has 0 bridgehead atoms. The molecule has 162 valence electrons. The van der Waals surface area contributed by atoms with E-state index in [2.05, 4.69) is 22.5 Å². The highest BCUT2D eigenvalue weighted by Crippen LogP contribution is 2.23. The van der Waals surface area contributed by atoms with Crippen LogP contribution in [0, 0.1) is 10.1 Å². The number of hydrogen-bond acceptors (Lipinski definition) is 5. The lowest BCUT2D eigenvalue weighted by Crippen LogP contribution is -2.34. The van der Waals surface area contributed by atoms with Crippen LogP contribution >= 0.6 is 0 Å². The van der Waals surface area contributed by atoms with Crippen LogP contribution in [0.1, 0.15) is 29.4 Å². The van der Waals surface area contributed by atoms with Gasteiger partial charge in [0.1, 0.15) is 11.4 Å². The van der Waals surface area contributed by atoms with Crippen molar-refractivity contribution < 1.29 is 14.1 Å². The molecule has 32 heavy (non-hydrogen) atoms. The summed E-state index contributed by atoms with van der Waals surface area (Å²) in [5.74, 6) is 0.242. The largest absolute Gasteiger partial charge is 0.463 e. The molecule has 0 aliphatic heterocycles. The Morgan fingerprint density at radius 3 is 2.53 bits per heavy atom. The summed E-state index contributed by atoms with van der Waals surface area (Å²) in [6.07, 6.45) is 3.17. The first-order valence-electron chi connectivity index (χ1n) is 10.2. The van der Waals surface area contributed by atoms with Crippen LogP contribution in [0.25, 0.3) is 17.1 Å². The number of nitro groups is 1. The van der Waals surface area contributed by atoms with Crippen molar-refractivity contribution in [3.05, 3.63) is 100 Å². The number of aromatic nitrogens is 2. The van der Waals surface area contributed by atoms with Crippen LogP contribution in [-0.4, -0.2) is 26.7 Å². The number of nitro benzene ring substituents is 1. The number of nitrogens with zero attached hydrogens (tertiary/aromatic N) is 3. The number of non-ortho nitro benzene ring substituents is 1. The first-order chi connectivity index (χ1) is 15.5. The van der Waals surface area contributed by atoms with Gasteiger partial charge in [-0.2, -0.15) is 5.10 Å². The molecule has 0 aliphatic rings. The summed E-state index contributed by atoms with van der Waals surface area (Å²) < 4.78 is 6.90. The number of aryl methyl sites for hydroxylation is 1. The molecule has 0 fully saturated rings. The highest BCUT2D eigenvalue weighted by Gasteiger charge is 2.20. The predicted octanol–water partition coefficient (Wildman–Crippen LogP) is 4.79. The molecule has 0 saturated heterocycles. The summed E-state index contributed by atoms with van der Waals surface area (Å²) in [5, 5.41) is 18.5. The fourth-order valence-electron chi connectivity index (χ4n) is 3.40.